The molecule has 0 aliphatic heterocycles. The summed E-state index contributed by atoms with van der Waals surface area (Å²) in [6.07, 6.45) is 2.10. The Hall–Kier alpha value is -0.590. The summed E-state index contributed by atoms with van der Waals surface area (Å²) < 4.78 is 0. The highest BCUT2D eigenvalue weighted by molar-refractivity contribution is 5.93. The average molecular weight is 153 g/mol. The molecule has 0 radical (unpaired) electrons. The second-order valence-electron chi connectivity index (χ2n) is 4.15. The molecule has 0 aliphatic rings. The zero-order valence-electron chi connectivity index (χ0n) is 8.52. The predicted molar refractivity (Wildman–Crippen MR) is 52.3 cm³/mol. The average Bonchev–Trinajstić information content (AvgIpc) is 1.53. The van der Waals surface area contributed by atoms with Crippen LogP contribution < -0.4 is 0 Å². The maximum absolute atomic E-state index is 4.49. The zero-order chi connectivity index (χ0) is 9.07. The Morgan fingerprint density at radius 3 is 1.82 bits per heavy atom. The molecule has 0 unspecified atom stereocenters. The van der Waals surface area contributed by atoms with Crippen molar-refractivity contribution < 1.29 is 0 Å². The van der Waals surface area contributed by atoms with E-state index in [2.05, 4.69) is 45.7 Å². The molecule has 0 bridgehead atoms. The van der Waals surface area contributed by atoms with Gasteiger partial charge in [-0.2, -0.15) is 0 Å². The van der Waals surface area contributed by atoms with Crippen LogP contribution in [-0.4, -0.2) is 11.3 Å². The minimum atomic E-state index is 0.0516. The molecule has 0 amide bonds. The van der Waals surface area contributed by atoms with E-state index in [1.807, 2.05) is 6.92 Å². The second kappa shape index (κ2) is 3.70. The highest BCUT2D eigenvalue weighted by atomic mass is 14.8. The van der Waals surface area contributed by atoms with Crippen LogP contribution in [0.3, 0.4) is 0 Å². The molecule has 11 heavy (non-hydrogen) atoms. The van der Waals surface area contributed by atoms with E-state index in [1.54, 1.807) is 0 Å². The SMILES string of the molecule is CC(C)=CC(C)=NC(C)(C)C. The maximum atomic E-state index is 4.49. The second-order valence-corrected chi connectivity index (χ2v) is 4.15. The first-order valence-electron chi connectivity index (χ1n) is 4.02. The molecule has 0 saturated carbocycles. The fourth-order valence-electron chi connectivity index (χ4n) is 0.979. The quantitative estimate of drug-likeness (QED) is 0.513. The fourth-order valence-corrected chi connectivity index (χ4v) is 0.979. The van der Waals surface area contributed by atoms with Gasteiger partial charge >= 0.3 is 0 Å². The van der Waals surface area contributed by atoms with Gasteiger partial charge in [0.1, 0.15) is 0 Å². The summed E-state index contributed by atoms with van der Waals surface area (Å²) in [5.74, 6) is 0. The van der Waals surface area contributed by atoms with Crippen LogP contribution in [0.1, 0.15) is 41.5 Å². The summed E-state index contributed by atoms with van der Waals surface area (Å²) in [5.41, 5.74) is 2.46. The Bertz CT molecular complexity index is 176. The first-order valence-corrected chi connectivity index (χ1v) is 4.02. The highest BCUT2D eigenvalue weighted by Gasteiger charge is 2.05. The van der Waals surface area contributed by atoms with E-state index in [1.165, 1.54) is 5.57 Å². The molecule has 0 aromatic rings. The van der Waals surface area contributed by atoms with E-state index in [4.69, 9.17) is 0 Å². The van der Waals surface area contributed by atoms with Gasteiger partial charge < -0.3 is 0 Å². The number of nitrogens with zero attached hydrogens (tertiary/aromatic N) is 1. The van der Waals surface area contributed by atoms with Crippen molar-refractivity contribution in [2.24, 2.45) is 4.99 Å². The van der Waals surface area contributed by atoms with E-state index in [9.17, 15) is 0 Å². The Balaban J connectivity index is 4.36. The third-order valence-electron chi connectivity index (χ3n) is 1.01. The molecule has 64 valence electrons. The first kappa shape index (κ1) is 10.4. The summed E-state index contributed by atoms with van der Waals surface area (Å²) in [4.78, 5) is 4.49. The van der Waals surface area contributed by atoms with Crippen molar-refractivity contribution in [1.29, 1.82) is 0 Å². The fraction of sp³-hybridized carbons (Fsp3) is 0.700. The monoisotopic (exact) mass is 153 g/mol. The maximum Gasteiger partial charge on any atom is 0.0527 e. The Kier molecular flexibility index (Phi) is 3.50. The molecular formula is C10H19N. The standard InChI is InChI=1S/C10H19N/c1-8(2)7-9(3)11-10(4,5)6/h7H,1-6H3. The van der Waals surface area contributed by atoms with Gasteiger partial charge in [-0.15, -0.1) is 0 Å². The summed E-state index contributed by atoms with van der Waals surface area (Å²) in [6.45, 7) is 12.5. The molecule has 0 aromatic carbocycles. The lowest BCUT2D eigenvalue weighted by molar-refractivity contribution is 0.584. The van der Waals surface area contributed by atoms with Gasteiger partial charge in [0.05, 0.1) is 5.54 Å². The van der Waals surface area contributed by atoms with E-state index >= 15 is 0 Å². The van der Waals surface area contributed by atoms with Gasteiger partial charge in [0.25, 0.3) is 0 Å². The van der Waals surface area contributed by atoms with E-state index < -0.39 is 0 Å². The third-order valence-corrected chi connectivity index (χ3v) is 1.01. The minimum Gasteiger partial charge on any atom is -0.284 e. The molecule has 0 spiro atoms. The van der Waals surface area contributed by atoms with Crippen molar-refractivity contribution >= 4 is 5.71 Å². The first-order chi connectivity index (χ1) is 4.81. The third kappa shape index (κ3) is 7.31. The molecule has 0 saturated heterocycles. The Morgan fingerprint density at radius 2 is 1.55 bits per heavy atom. The van der Waals surface area contributed by atoms with Crippen LogP contribution in [0.25, 0.3) is 0 Å². The van der Waals surface area contributed by atoms with Gasteiger partial charge in [0.2, 0.25) is 0 Å². The van der Waals surface area contributed by atoms with Crippen molar-refractivity contribution in [2.75, 3.05) is 0 Å². The van der Waals surface area contributed by atoms with E-state index in [-0.39, 0.29) is 5.54 Å². The molecule has 0 heterocycles. The molecule has 0 fully saturated rings. The number of rotatable bonds is 1. The number of allylic oxidation sites excluding steroid dienone is 2. The van der Waals surface area contributed by atoms with Gasteiger partial charge in [-0.25, -0.2) is 0 Å². The largest absolute Gasteiger partial charge is 0.284 e. The number of aliphatic imine (C=N–C) groups is 1. The lowest BCUT2D eigenvalue weighted by Crippen LogP contribution is -2.11. The van der Waals surface area contributed by atoms with Gasteiger partial charge in [0, 0.05) is 5.71 Å². The zero-order valence-corrected chi connectivity index (χ0v) is 8.52. The van der Waals surface area contributed by atoms with Crippen LogP contribution in [-0.2, 0) is 0 Å². The molecule has 0 aliphatic carbocycles. The van der Waals surface area contributed by atoms with E-state index in [0.29, 0.717) is 0 Å². The van der Waals surface area contributed by atoms with Crippen LogP contribution in [0.2, 0.25) is 0 Å². The lowest BCUT2D eigenvalue weighted by Gasteiger charge is -2.12. The molecule has 1 heteroatoms. The van der Waals surface area contributed by atoms with Gasteiger partial charge in [0.15, 0.2) is 0 Å². The summed E-state index contributed by atoms with van der Waals surface area (Å²) >= 11 is 0. The normalized spacial score (nSPS) is 13.1. The minimum absolute atomic E-state index is 0.0516. The predicted octanol–water partition coefficient (Wildman–Crippen LogP) is 3.21. The summed E-state index contributed by atoms with van der Waals surface area (Å²) in [6, 6.07) is 0. The van der Waals surface area contributed by atoms with Crippen LogP contribution >= 0.6 is 0 Å². The van der Waals surface area contributed by atoms with Crippen molar-refractivity contribution in [3.8, 4) is 0 Å². The van der Waals surface area contributed by atoms with Gasteiger partial charge in [-0.05, 0) is 47.6 Å². The molecule has 0 aromatic heterocycles. The van der Waals surface area contributed by atoms with Crippen LogP contribution in [0, 0.1) is 0 Å². The molecular weight excluding hydrogens is 134 g/mol. The van der Waals surface area contributed by atoms with Gasteiger partial charge in [-0.1, -0.05) is 5.57 Å². The lowest BCUT2D eigenvalue weighted by atomic mass is 10.1. The van der Waals surface area contributed by atoms with Crippen LogP contribution in [0.4, 0.5) is 0 Å². The highest BCUT2D eigenvalue weighted by Crippen LogP contribution is 2.07. The summed E-state index contributed by atoms with van der Waals surface area (Å²) in [5, 5.41) is 0. The van der Waals surface area contributed by atoms with Crippen molar-refractivity contribution in [2.45, 2.75) is 47.1 Å². The molecule has 0 N–H and O–H groups in total. The topological polar surface area (TPSA) is 12.4 Å². The van der Waals surface area contributed by atoms with Crippen molar-refractivity contribution in [3.63, 3.8) is 0 Å². The van der Waals surface area contributed by atoms with Gasteiger partial charge in [-0.3, -0.25) is 4.99 Å². The molecule has 0 rings (SSSR count). The molecule has 1 nitrogen and oxygen atoms in total. The van der Waals surface area contributed by atoms with Crippen LogP contribution in [0.5, 0.6) is 0 Å². The van der Waals surface area contributed by atoms with E-state index in [0.717, 1.165) is 5.71 Å². The number of hydrogen-bond acceptors (Lipinski definition) is 1. The smallest absolute Gasteiger partial charge is 0.0527 e. The summed E-state index contributed by atoms with van der Waals surface area (Å²) in [7, 11) is 0. The van der Waals surface area contributed by atoms with Crippen molar-refractivity contribution in [1.82, 2.24) is 0 Å². The Labute approximate surface area is 70.2 Å². The Morgan fingerprint density at radius 1 is 1.09 bits per heavy atom. The molecule has 0 atom stereocenters. The van der Waals surface area contributed by atoms with Crippen molar-refractivity contribution in [3.05, 3.63) is 11.6 Å². The van der Waals surface area contributed by atoms with Crippen LogP contribution in [0.15, 0.2) is 16.6 Å². The number of hydrogen-bond donors (Lipinski definition) is 0.